The number of alkyl halides is 6. The SMILES string of the molecule is Cc1ccc(C(=O)Nc2ccc(-n3nc(C(F)(F)F)cc3C(F)(F)F)cc2)s1. The normalized spacial score (nSPS) is 12.2. The van der Waals surface area contributed by atoms with Gasteiger partial charge in [0.05, 0.1) is 10.6 Å². The molecule has 28 heavy (non-hydrogen) atoms. The first-order valence-electron chi connectivity index (χ1n) is 7.68. The molecular formula is C17H11F6N3OS. The van der Waals surface area contributed by atoms with Crippen LogP contribution >= 0.6 is 11.3 Å². The lowest BCUT2D eigenvalue weighted by molar-refractivity contribution is -0.143. The molecule has 0 bridgehead atoms. The maximum absolute atomic E-state index is 13.1. The molecule has 4 nitrogen and oxygen atoms in total. The number of nitrogens with zero attached hydrogens (tertiary/aromatic N) is 2. The minimum Gasteiger partial charge on any atom is -0.321 e. The van der Waals surface area contributed by atoms with Crippen LogP contribution in [0, 0.1) is 6.92 Å². The molecule has 0 radical (unpaired) electrons. The molecule has 0 unspecified atom stereocenters. The van der Waals surface area contributed by atoms with Gasteiger partial charge in [0.15, 0.2) is 5.69 Å². The van der Waals surface area contributed by atoms with Crippen molar-refractivity contribution in [3.63, 3.8) is 0 Å². The third-order valence-electron chi connectivity index (χ3n) is 3.62. The molecule has 0 aliphatic rings. The molecule has 0 saturated heterocycles. The van der Waals surface area contributed by atoms with Crippen molar-refractivity contribution in [1.82, 2.24) is 9.78 Å². The van der Waals surface area contributed by atoms with Gasteiger partial charge in [0.1, 0.15) is 5.69 Å². The summed E-state index contributed by atoms with van der Waals surface area (Å²) in [6.07, 6.45) is -10.0. The summed E-state index contributed by atoms with van der Waals surface area (Å²) in [7, 11) is 0. The lowest BCUT2D eigenvalue weighted by Crippen LogP contribution is -2.14. The number of thiophene rings is 1. The second-order valence-electron chi connectivity index (χ2n) is 5.73. The van der Waals surface area contributed by atoms with Gasteiger partial charge < -0.3 is 5.32 Å². The van der Waals surface area contributed by atoms with Gasteiger partial charge in [-0.05, 0) is 43.3 Å². The van der Waals surface area contributed by atoms with E-state index < -0.39 is 29.6 Å². The van der Waals surface area contributed by atoms with Gasteiger partial charge in [-0.15, -0.1) is 11.3 Å². The highest BCUT2D eigenvalue weighted by molar-refractivity contribution is 7.14. The molecule has 0 aliphatic heterocycles. The lowest BCUT2D eigenvalue weighted by Gasteiger charge is -2.11. The van der Waals surface area contributed by atoms with E-state index >= 15 is 0 Å². The van der Waals surface area contributed by atoms with Gasteiger partial charge in [-0.25, -0.2) is 4.68 Å². The summed E-state index contributed by atoms with van der Waals surface area (Å²) in [4.78, 5) is 13.5. The fourth-order valence-corrected chi connectivity index (χ4v) is 3.12. The average Bonchev–Trinajstić information content (AvgIpc) is 3.21. The van der Waals surface area contributed by atoms with Gasteiger partial charge in [0.2, 0.25) is 0 Å². The molecule has 2 aromatic heterocycles. The predicted octanol–water partition coefficient (Wildman–Crippen LogP) is 5.53. The number of nitrogens with one attached hydrogen (secondary N) is 1. The summed E-state index contributed by atoms with van der Waals surface area (Å²) < 4.78 is 77.8. The molecule has 0 fully saturated rings. The van der Waals surface area contributed by atoms with Crippen LogP contribution in [0.4, 0.5) is 32.0 Å². The van der Waals surface area contributed by atoms with Crippen LogP contribution in [0.3, 0.4) is 0 Å². The highest BCUT2D eigenvalue weighted by Crippen LogP contribution is 2.36. The Morgan fingerprint density at radius 1 is 1.00 bits per heavy atom. The number of aryl methyl sites for hydroxylation is 1. The number of aromatic nitrogens is 2. The molecule has 1 N–H and O–H groups in total. The Kier molecular flexibility index (Phi) is 4.96. The van der Waals surface area contributed by atoms with Gasteiger partial charge in [-0.1, -0.05) is 0 Å². The monoisotopic (exact) mass is 419 g/mol. The maximum Gasteiger partial charge on any atom is 0.435 e. The number of hydrogen-bond acceptors (Lipinski definition) is 3. The van der Waals surface area contributed by atoms with Crippen LogP contribution in [0.2, 0.25) is 0 Å². The fourth-order valence-electron chi connectivity index (χ4n) is 2.35. The molecule has 0 aliphatic carbocycles. The van der Waals surface area contributed by atoms with E-state index in [1.54, 1.807) is 12.1 Å². The van der Waals surface area contributed by atoms with Crippen molar-refractivity contribution in [3.8, 4) is 5.69 Å². The molecule has 3 aromatic rings. The Morgan fingerprint density at radius 2 is 1.64 bits per heavy atom. The zero-order valence-electron chi connectivity index (χ0n) is 14.0. The average molecular weight is 419 g/mol. The van der Waals surface area contributed by atoms with Gasteiger partial charge in [-0.3, -0.25) is 4.79 Å². The van der Waals surface area contributed by atoms with E-state index in [2.05, 4.69) is 10.4 Å². The summed E-state index contributed by atoms with van der Waals surface area (Å²) in [5, 5.41) is 5.61. The third kappa shape index (κ3) is 4.19. The fraction of sp³-hybridized carbons (Fsp3) is 0.176. The van der Waals surface area contributed by atoms with Crippen LogP contribution < -0.4 is 5.32 Å². The molecule has 1 amide bonds. The second kappa shape index (κ2) is 6.97. The number of carbonyl (C=O) groups is 1. The van der Waals surface area contributed by atoms with E-state index in [1.807, 2.05) is 6.92 Å². The van der Waals surface area contributed by atoms with E-state index in [4.69, 9.17) is 0 Å². The van der Waals surface area contributed by atoms with Gasteiger partial charge in [0.25, 0.3) is 5.91 Å². The summed E-state index contributed by atoms with van der Waals surface area (Å²) in [6, 6.07) is 8.18. The second-order valence-corrected chi connectivity index (χ2v) is 7.02. The van der Waals surface area contributed by atoms with E-state index in [0.29, 0.717) is 4.88 Å². The summed E-state index contributed by atoms with van der Waals surface area (Å²) in [5.74, 6) is -0.403. The molecule has 0 spiro atoms. The molecular weight excluding hydrogens is 408 g/mol. The minimum absolute atomic E-state index is 0.0468. The van der Waals surface area contributed by atoms with Crippen LogP contribution in [0.25, 0.3) is 5.69 Å². The van der Waals surface area contributed by atoms with Crippen LogP contribution in [0.5, 0.6) is 0 Å². The largest absolute Gasteiger partial charge is 0.435 e. The lowest BCUT2D eigenvalue weighted by atomic mass is 10.2. The highest BCUT2D eigenvalue weighted by Gasteiger charge is 2.42. The third-order valence-corrected chi connectivity index (χ3v) is 4.62. The number of hydrogen-bond donors (Lipinski definition) is 1. The van der Waals surface area contributed by atoms with Gasteiger partial charge in [0, 0.05) is 16.6 Å². The number of benzene rings is 1. The first-order valence-corrected chi connectivity index (χ1v) is 8.49. The number of halogens is 6. The molecule has 1 aromatic carbocycles. The molecule has 0 saturated carbocycles. The number of amides is 1. The van der Waals surface area contributed by atoms with Crippen LogP contribution in [-0.2, 0) is 12.4 Å². The van der Waals surface area contributed by atoms with E-state index in [1.165, 1.54) is 23.5 Å². The highest BCUT2D eigenvalue weighted by atomic mass is 32.1. The Balaban J connectivity index is 1.89. The van der Waals surface area contributed by atoms with Crippen LogP contribution in [-0.4, -0.2) is 15.7 Å². The number of rotatable bonds is 3. The van der Waals surface area contributed by atoms with Gasteiger partial charge >= 0.3 is 12.4 Å². The minimum atomic E-state index is -5.03. The molecule has 2 heterocycles. The smallest absolute Gasteiger partial charge is 0.321 e. The van der Waals surface area contributed by atoms with Gasteiger partial charge in [-0.2, -0.15) is 31.4 Å². The standard InChI is InChI=1S/C17H11F6N3OS/c1-9-2-7-12(28-9)15(27)24-10-3-5-11(6-4-10)26-14(17(21,22)23)8-13(25-26)16(18,19)20/h2-8H,1H3,(H,24,27). The van der Waals surface area contributed by atoms with Crippen molar-refractivity contribution in [2.75, 3.05) is 5.32 Å². The predicted molar refractivity (Wildman–Crippen MR) is 90.6 cm³/mol. The maximum atomic E-state index is 13.1. The Bertz CT molecular complexity index is 1000. The van der Waals surface area contributed by atoms with Crippen molar-refractivity contribution >= 4 is 22.9 Å². The quantitative estimate of drug-likeness (QED) is 0.568. The summed E-state index contributed by atoms with van der Waals surface area (Å²) in [5.41, 5.74) is -3.15. The Hall–Kier alpha value is -2.82. The topological polar surface area (TPSA) is 46.9 Å². The van der Waals surface area contributed by atoms with Crippen molar-refractivity contribution in [2.45, 2.75) is 19.3 Å². The molecule has 3 rings (SSSR count). The molecule has 0 atom stereocenters. The van der Waals surface area contributed by atoms with Crippen molar-refractivity contribution in [1.29, 1.82) is 0 Å². The molecule has 148 valence electrons. The summed E-state index contributed by atoms with van der Waals surface area (Å²) in [6.45, 7) is 1.83. The van der Waals surface area contributed by atoms with E-state index in [9.17, 15) is 31.1 Å². The van der Waals surface area contributed by atoms with Crippen molar-refractivity contribution in [2.24, 2.45) is 0 Å². The zero-order valence-corrected chi connectivity index (χ0v) is 14.8. The Morgan fingerprint density at radius 3 is 2.14 bits per heavy atom. The number of carbonyl (C=O) groups excluding carboxylic acids is 1. The molecule has 11 heteroatoms. The first kappa shape index (κ1) is 19.9. The van der Waals surface area contributed by atoms with Crippen molar-refractivity contribution in [3.05, 3.63) is 63.6 Å². The first-order chi connectivity index (χ1) is 12.9. The van der Waals surface area contributed by atoms with E-state index in [0.717, 1.165) is 17.0 Å². The zero-order chi connectivity index (χ0) is 20.7. The summed E-state index contributed by atoms with van der Waals surface area (Å²) >= 11 is 1.27. The Labute approximate surface area is 158 Å². The van der Waals surface area contributed by atoms with Crippen molar-refractivity contribution < 1.29 is 31.1 Å². The number of anilines is 1. The van der Waals surface area contributed by atoms with Crippen LogP contribution in [0.1, 0.15) is 25.9 Å². The van der Waals surface area contributed by atoms with Crippen LogP contribution in [0.15, 0.2) is 42.5 Å². The van der Waals surface area contributed by atoms with E-state index in [-0.39, 0.29) is 22.1 Å².